The number of hydrogen-bond acceptors (Lipinski definition) is 2. The van der Waals surface area contributed by atoms with Gasteiger partial charge in [-0.3, -0.25) is 0 Å². The first kappa shape index (κ1) is 13.1. The predicted molar refractivity (Wildman–Crippen MR) is 72.5 cm³/mol. The lowest BCUT2D eigenvalue weighted by molar-refractivity contribution is 0.816. The molecule has 0 fully saturated rings. The van der Waals surface area contributed by atoms with E-state index in [1.54, 1.807) is 0 Å². The summed E-state index contributed by atoms with van der Waals surface area (Å²) in [6.07, 6.45) is 1.20. The molecule has 1 atom stereocenters. The highest BCUT2D eigenvalue weighted by Gasteiger charge is 2.06. The Labute approximate surface area is 105 Å². The molecule has 0 amide bonds. The van der Waals surface area contributed by atoms with E-state index in [2.05, 4.69) is 53.3 Å². The summed E-state index contributed by atoms with van der Waals surface area (Å²) in [5.74, 6) is 0. The van der Waals surface area contributed by atoms with Crippen molar-refractivity contribution in [2.45, 2.75) is 37.0 Å². The number of hydrogen-bond donors (Lipinski definition) is 1. The van der Waals surface area contributed by atoms with Crippen LogP contribution in [-0.2, 0) is 6.54 Å². The molecule has 1 aromatic rings. The molecule has 0 saturated carbocycles. The summed E-state index contributed by atoms with van der Waals surface area (Å²) < 4.78 is 1.21. The van der Waals surface area contributed by atoms with Crippen LogP contribution in [0.4, 0.5) is 0 Å². The molecule has 1 nitrogen and oxygen atoms in total. The van der Waals surface area contributed by atoms with E-state index in [1.807, 2.05) is 18.8 Å². The third-order valence-electron chi connectivity index (χ3n) is 2.28. The van der Waals surface area contributed by atoms with Gasteiger partial charge in [0.2, 0.25) is 0 Å². The van der Waals surface area contributed by atoms with E-state index in [4.69, 9.17) is 0 Å². The molecule has 1 rings (SSSR count). The highest BCUT2D eigenvalue weighted by Crippen LogP contribution is 2.32. The van der Waals surface area contributed by atoms with Crippen molar-refractivity contribution in [3.8, 4) is 0 Å². The number of nitrogens with one attached hydrogen (secondary N) is 1. The second-order valence-corrected chi connectivity index (χ2v) is 5.97. The van der Waals surface area contributed by atoms with Crippen molar-refractivity contribution in [3.63, 3.8) is 0 Å². The predicted octanol–water partition coefficient (Wildman–Crippen LogP) is 4.06. The van der Waals surface area contributed by atoms with Crippen LogP contribution in [0, 0.1) is 0 Å². The normalized spacial score (nSPS) is 12.8. The van der Waals surface area contributed by atoms with E-state index in [0.717, 1.165) is 6.54 Å². The van der Waals surface area contributed by atoms with Gasteiger partial charge in [0.25, 0.3) is 0 Å². The molecule has 1 aromatic carbocycles. The van der Waals surface area contributed by atoms with Crippen LogP contribution in [0.15, 0.2) is 27.6 Å². The molecule has 0 bridgehead atoms. The molecule has 0 heterocycles. The minimum atomic E-state index is 0.677. The highest BCUT2D eigenvalue weighted by molar-refractivity contribution is 9.10. The van der Waals surface area contributed by atoms with Crippen molar-refractivity contribution < 1.29 is 0 Å². The summed E-state index contributed by atoms with van der Waals surface area (Å²) >= 11 is 5.56. The first-order valence-corrected chi connectivity index (χ1v) is 6.94. The fraction of sp³-hybridized carbons (Fsp3) is 0.500. The Kier molecular flexibility index (Phi) is 5.72. The van der Waals surface area contributed by atoms with Gasteiger partial charge >= 0.3 is 0 Å². The van der Waals surface area contributed by atoms with Gasteiger partial charge in [-0.15, -0.1) is 11.8 Å². The standard InChI is InChI=1S/C12H18BrNS/c1-4-9(2)15-12-6-5-10(8-14-3)7-11(12)13/h5-7,9,14H,4,8H2,1-3H3. The Bertz CT molecular complexity index is 314. The smallest absolute Gasteiger partial charge is 0.0314 e. The maximum Gasteiger partial charge on any atom is 0.0314 e. The molecule has 0 aliphatic carbocycles. The van der Waals surface area contributed by atoms with Gasteiger partial charge in [-0.1, -0.05) is 19.9 Å². The van der Waals surface area contributed by atoms with Crippen LogP contribution in [0.1, 0.15) is 25.8 Å². The van der Waals surface area contributed by atoms with Crippen LogP contribution >= 0.6 is 27.7 Å². The fourth-order valence-electron chi connectivity index (χ4n) is 1.25. The van der Waals surface area contributed by atoms with Gasteiger partial charge in [-0.05, 0) is 47.1 Å². The quantitative estimate of drug-likeness (QED) is 0.820. The zero-order valence-corrected chi connectivity index (χ0v) is 11.9. The first-order chi connectivity index (χ1) is 7.17. The third kappa shape index (κ3) is 4.17. The largest absolute Gasteiger partial charge is 0.316 e. The molecule has 0 spiro atoms. The van der Waals surface area contributed by atoms with Crippen molar-refractivity contribution in [3.05, 3.63) is 28.2 Å². The van der Waals surface area contributed by atoms with E-state index in [9.17, 15) is 0 Å². The molecule has 1 N–H and O–H groups in total. The molecule has 15 heavy (non-hydrogen) atoms. The van der Waals surface area contributed by atoms with E-state index in [1.165, 1.54) is 21.4 Å². The highest BCUT2D eigenvalue weighted by atomic mass is 79.9. The summed E-state index contributed by atoms with van der Waals surface area (Å²) in [5.41, 5.74) is 1.32. The van der Waals surface area contributed by atoms with E-state index < -0.39 is 0 Å². The van der Waals surface area contributed by atoms with Crippen molar-refractivity contribution in [2.75, 3.05) is 7.05 Å². The van der Waals surface area contributed by atoms with Crippen LogP contribution in [0.25, 0.3) is 0 Å². The number of halogens is 1. The van der Waals surface area contributed by atoms with Crippen molar-refractivity contribution in [1.82, 2.24) is 5.32 Å². The van der Waals surface area contributed by atoms with Crippen LogP contribution in [0.2, 0.25) is 0 Å². The maximum atomic E-state index is 3.63. The van der Waals surface area contributed by atoms with Crippen LogP contribution in [-0.4, -0.2) is 12.3 Å². The molecular weight excluding hydrogens is 270 g/mol. The zero-order valence-electron chi connectivity index (χ0n) is 9.51. The van der Waals surface area contributed by atoms with Gasteiger partial charge in [-0.2, -0.15) is 0 Å². The van der Waals surface area contributed by atoms with Gasteiger partial charge in [-0.25, -0.2) is 0 Å². The lowest BCUT2D eigenvalue weighted by Crippen LogP contribution is -2.04. The van der Waals surface area contributed by atoms with Gasteiger partial charge in [0, 0.05) is 21.2 Å². The molecule has 0 aliphatic rings. The average molecular weight is 288 g/mol. The molecular formula is C12H18BrNS. The van der Waals surface area contributed by atoms with Crippen molar-refractivity contribution >= 4 is 27.7 Å². The molecule has 0 aromatic heterocycles. The second kappa shape index (κ2) is 6.56. The summed E-state index contributed by atoms with van der Waals surface area (Å²) in [6, 6.07) is 6.58. The molecule has 0 radical (unpaired) electrons. The number of rotatable bonds is 5. The zero-order chi connectivity index (χ0) is 11.3. The Hall–Kier alpha value is 0.01000. The van der Waals surface area contributed by atoms with Gasteiger partial charge in [0.15, 0.2) is 0 Å². The SMILES string of the molecule is CCC(C)Sc1ccc(CNC)cc1Br. The first-order valence-electron chi connectivity index (χ1n) is 5.27. The van der Waals surface area contributed by atoms with Gasteiger partial charge < -0.3 is 5.32 Å². The molecule has 84 valence electrons. The van der Waals surface area contributed by atoms with E-state index in [-0.39, 0.29) is 0 Å². The van der Waals surface area contributed by atoms with E-state index >= 15 is 0 Å². The summed E-state index contributed by atoms with van der Waals surface area (Å²) in [6.45, 7) is 5.41. The third-order valence-corrected chi connectivity index (χ3v) is 4.54. The Morgan fingerprint density at radius 3 is 2.73 bits per heavy atom. The van der Waals surface area contributed by atoms with Crippen LogP contribution in [0.3, 0.4) is 0 Å². The molecule has 3 heteroatoms. The minimum absolute atomic E-state index is 0.677. The second-order valence-electron chi connectivity index (χ2n) is 3.63. The number of thioether (sulfide) groups is 1. The molecule has 0 aliphatic heterocycles. The Morgan fingerprint density at radius 2 is 2.20 bits per heavy atom. The fourth-order valence-corrected chi connectivity index (χ4v) is 2.88. The summed E-state index contributed by atoms with van der Waals surface area (Å²) in [4.78, 5) is 1.34. The molecule has 0 saturated heterocycles. The monoisotopic (exact) mass is 287 g/mol. The lowest BCUT2D eigenvalue weighted by atomic mass is 10.2. The Balaban J connectivity index is 2.74. The summed E-state index contributed by atoms with van der Waals surface area (Å²) in [7, 11) is 1.97. The lowest BCUT2D eigenvalue weighted by Gasteiger charge is -2.11. The van der Waals surface area contributed by atoms with Crippen molar-refractivity contribution in [1.29, 1.82) is 0 Å². The van der Waals surface area contributed by atoms with Crippen LogP contribution in [0.5, 0.6) is 0 Å². The average Bonchev–Trinajstić information content (AvgIpc) is 2.22. The van der Waals surface area contributed by atoms with Crippen molar-refractivity contribution in [2.24, 2.45) is 0 Å². The molecule has 1 unspecified atom stereocenters. The van der Waals surface area contributed by atoms with E-state index in [0.29, 0.717) is 5.25 Å². The van der Waals surface area contributed by atoms with Gasteiger partial charge in [0.1, 0.15) is 0 Å². The number of benzene rings is 1. The summed E-state index contributed by atoms with van der Waals surface area (Å²) in [5, 5.41) is 3.83. The Morgan fingerprint density at radius 1 is 1.47 bits per heavy atom. The minimum Gasteiger partial charge on any atom is -0.316 e. The van der Waals surface area contributed by atoms with Crippen LogP contribution < -0.4 is 5.32 Å². The maximum absolute atomic E-state index is 3.63. The topological polar surface area (TPSA) is 12.0 Å². The van der Waals surface area contributed by atoms with Gasteiger partial charge in [0.05, 0.1) is 0 Å².